The van der Waals surface area contributed by atoms with E-state index in [0.29, 0.717) is 0 Å². The van der Waals surface area contributed by atoms with Gasteiger partial charge in [0.1, 0.15) is 0 Å². The molecule has 0 aromatic heterocycles. The average Bonchev–Trinajstić information content (AvgIpc) is 2.37. The predicted octanol–water partition coefficient (Wildman–Crippen LogP) is 0.877. The summed E-state index contributed by atoms with van der Waals surface area (Å²) in [6.45, 7) is -0.0781. The molecule has 0 spiro atoms. The van der Waals surface area contributed by atoms with E-state index in [1.807, 2.05) is 0 Å². The number of rotatable bonds is 7. The minimum Gasteiger partial charge on any atom is -0.353 e. The average molecular weight is 322 g/mol. The maximum Gasteiger partial charge on any atom is 0.254 e. The van der Waals surface area contributed by atoms with E-state index in [9.17, 15) is 22.4 Å². The number of carbonyl (C=O) groups excluding carboxylic acids is 2. The summed E-state index contributed by atoms with van der Waals surface area (Å²) in [6, 6.07) is 0. The van der Waals surface area contributed by atoms with Gasteiger partial charge in [0.15, 0.2) is 6.17 Å². The maximum absolute atomic E-state index is 13.8. The zero-order chi connectivity index (χ0) is 15.9. The quantitative estimate of drug-likeness (QED) is 0.727. The Balaban J connectivity index is 2.21. The molecule has 0 heterocycles. The Hall–Kier alpha value is -1.18. The Morgan fingerprint density at radius 3 is 2.43 bits per heavy atom. The van der Waals surface area contributed by atoms with Crippen molar-refractivity contribution in [3.63, 3.8) is 0 Å². The van der Waals surface area contributed by atoms with Gasteiger partial charge >= 0.3 is 0 Å². The topological polar surface area (TPSA) is 92.3 Å². The molecule has 0 aromatic carbocycles. The van der Waals surface area contributed by atoms with Crippen LogP contribution in [-0.4, -0.2) is 39.2 Å². The Kier molecular flexibility index (Phi) is 7.07. The molecule has 0 unspecified atom stereocenters. The molecule has 0 aliphatic heterocycles. The molecular formula is C13H23FN2O4S. The van der Waals surface area contributed by atoms with Gasteiger partial charge in [-0.1, -0.05) is 32.1 Å². The van der Waals surface area contributed by atoms with Crippen molar-refractivity contribution in [1.82, 2.24) is 10.0 Å². The molecule has 1 aliphatic carbocycles. The van der Waals surface area contributed by atoms with Crippen LogP contribution in [0.25, 0.3) is 0 Å². The third-order valence-electron chi connectivity index (χ3n) is 3.50. The molecule has 0 aromatic rings. The summed E-state index contributed by atoms with van der Waals surface area (Å²) < 4.78 is 37.1. The monoisotopic (exact) mass is 322 g/mol. The molecule has 0 bridgehead atoms. The second-order valence-corrected chi connectivity index (χ2v) is 7.29. The number of amides is 2. The van der Waals surface area contributed by atoms with Crippen molar-refractivity contribution in [2.24, 2.45) is 5.92 Å². The Morgan fingerprint density at radius 2 is 1.86 bits per heavy atom. The number of nitrogens with one attached hydrogen (secondary N) is 2. The second kappa shape index (κ2) is 8.31. The standard InChI is InChI=1S/C13H23FN2O4S/c1-21(19,20)16-12(17)7-8-15-13(18)11(14)9-10-5-3-2-4-6-10/h10-11H,2-9H2,1H3,(H,15,18)(H,16,17)/t11-/m1/s1. The highest BCUT2D eigenvalue weighted by Crippen LogP contribution is 2.28. The van der Waals surface area contributed by atoms with Crippen LogP contribution in [0.3, 0.4) is 0 Å². The van der Waals surface area contributed by atoms with Gasteiger partial charge in [-0.25, -0.2) is 12.8 Å². The van der Waals surface area contributed by atoms with Crippen LogP contribution in [0.5, 0.6) is 0 Å². The normalized spacial score (nSPS) is 18.0. The first-order chi connectivity index (χ1) is 9.78. The number of hydrogen-bond donors (Lipinski definition) is 2. The van der Waals surface area contributed by atoms with E-state index in [0.717, 1.165) is 31.9 Å². The number of carbonyl (C=O) groups is 2. The van der Waals surface area contributed by atoms with E-state index in [1.165, 1.54) is 6.42 Å². The highest BCUT2D eigenvalue weighted by molar-refractivity contribution is 7.89. The van der Waals surface area contributed by atoms with Crippen molar-refractivity contribution in [2.75, 3.05) is 12.8 Å². The van der Waals surface area contributed by atoms with Crippen molar-refractivity contribution in [2.45, 2.75) is 51.1 Å². The Morgan fingerprint density at radius 1 is 1.24 bits per heavy atom. The molecule has 21 heavy (non-hydrogen) atoms. The van der Waals surface area contributed by atoms with Crippen LogP contribution in [-0.2, 0) is 19.6 Å². The molecule has 2 N–H and O–H groups in total. The fourth-order valence-corrected chi connectivity index (χ4v) is 3.01. The van der Waals surface area contributed by atoms with Gasteiger partial charge in [0.2, 0.25) is 15.9 Å². The lowest BCUT2D eigenvalue weighted by Crippen LogP contribution is -2.37. The summed E-state index contributed by atoms with van der Waals surface area (Å²) >= 11 is 0. The van der Waals surface area contributed by atoms with E-state index >= 15 is 0 Å². The smallest absolute Gasteiger partial charge is 0.254 e. The zero-order valence-electron chi connectivity index (χ0n) is 12.2. The molecule has 122 valence electrons. The van der Waals surface area contributed by atoms with Crippen LogP contribution in [0.2, 0.25) is 0 Å². The van der Waals surface area contributed by atoms with Gasteiger partial charge in [-0.15, -0.1) is 0 Å². The van der Waals surface area contributed by atoms with Gasteiger partial charge in [0.25, 0.3) is 5.91 Å². The van der Waals surface area contributed by atoms with Crippen LogP contribution in [0.1, 0.15) is 44.9 Å². The van der Waals surface area contributed by atoms with Gasteiger partial charge in [-0.3, -0.25) is 14.3 Å². The first-order valence-corrected chi connectivity index (χ1v) is 9.09. The Labute approximate surface area is 124 Å². The molecule has 0 radical (unpaired) electrons. The molecule has 1 aliphatic rings. The molecule has 8 heteroatoms. The maximum atomic E-state index is 13.8. The van der Waals surface area contributed by atoms with Crippen LogP contribution >= 0.6 is 0 Å². The first kappa shape index (κ1) is 17.9. The van der Waals surface area contributed by atoms with E-state index in [-0.39, 0.29) is 25.3 Å². The molecule has 1 atom stereocenters. The summed E-state index contributed by atoms with van der Waals surface area (Å²) in [4.78, 5) is 22.7. The molecule has 6 nitrogen and oxygen atoms in total. The summed E-state index contributed by atoms with van der Waals surface area (Å²) in [7, 11) is -3.60. The highest BCUT2D eigenvalue weighted by atomic mass is 32.2. The molecule has 1 rings (SSSR count). The molecular weight excluding hydrogens is 299 g/mol. The largest absolute Gasteiger partial charge is 0.353 e. The third kappa shape index (κ3) is 7.99. The fraction of sp³-hybridized carbons (Fsp3) is 0.846. The summed E-state index contributed by atoms with van der Waals surface area (Å²) in [5, 5.41) is 2.32. The highest BCUT2D eigenvalue weighted by Gasteiger charge is 2.23. The van der Waals surface area contributed by atoms with Crippen LogP contribution in [0.4, 0.5) is 4.39 Å². The second-order valence-electron chi connectivity index (χ2n) is 5.55. The van der Waals surface area contributed by atoms with Gasteiger partial charge < -0.3 is 5.32 Å². The third-order valence-corrected chi connectivity index (χ3v) is 4.10. The van der Waals surface area contributed by atoms with Gasteiger partial charge in [0, 0.05) is 13.0 Å². The summed E-state index contributed by atoms with van der Waals surface area (Å²) in [6.07, 6.45) is 4.60. The van der Waals surface area contributed by atoms with E-state index in [4.69, 9.17) is 0 Å². The van der Waals surface area contributed by atoms with E-state index < -0.39 is 28.0 Å². The minimum atomic E-state index is -3.60. The first-order valence-electron chi connectivity index (χ1n) is 7.20. The van der Waals surface area contributed by atoms with E-state index in [1.54, 1.807) is 4.72 Å². The molecule has 1 fully saturated rings. The fourth-order valence-electron chi connectivity index (χ4n) is 2.49. The van der Waals surface area contributed by atoms with Crippen molar-refractivity contribution >= 4 is 21.8 Å². The van der Waals surface area contributed by atoms with Crippen molar-refractivity contribution in [3.05, 3.63) is 0 Å². The lowest BCUT2D eigenvalue weighted by molar-refractivity contribution is -0.126. The van der Waals surface area contributed by atoms with Crippen molar-refractivity contribution in [1.29, 1.82) is 0 Å². The molecule has 2 amide bonds. The van der Waals surface area contributed by atoms with Crippen molar-refractivity contribution < 1.29 is 22.4 Å². The van der Waals surface area contributed by atoms with E-state index in [2.05, 4.69) is 5.32 Å². The van der Waals surface area contributed by atoms with Crippen LogP contribution in [0, 0.1) is 5.92 Å². The van der Waals surface area contributed by atoms with Gasteiger partial charge in [-0.2, -0.15) is 0 Å². The van der Waals surface area contributed by atoms with Crippen LogP contribution < -0.4 is 10.0 Å². The molecule has 1 saturated carbocycles. The Bertz CT molecular complexity index is 461. The summed E-state index contributed by atoms with van der Waals surface area (Å²) in [5.41, 5.74) is 0. The zero-order valence-corrected chi connectivity index (χ0v) is 13.0. The number of alkyl halides is 1. The van der Waals surface area contributed by atoms with Gasteiger partial charge in [0.05, 0.1) is 6.26 Å². The number of hydrogen-bond acceptors (Lipinski definition) is 4. The summed E-state index contributed by atoms with van der Waals surface area (Å²) in [5.74, 6) is -1.19. The minimum absolute atomic E-state index is 0.0781. The number of sulfonamides is 1. The van der Waals surface area contributed by atoms with Crippen LogP contribution in [0.15, 0.2) is 0 Å². The van der Waals surface area contributed by atoms with Gasteiger partial charge in [-0.05, 0) is 12.3 Å². The van der Waals surface area contributed by atoms with Crippen molar-refractivity contribution in [3.8, 4) is 0 Å². The number of halogens is 1. The lowest BCUT2D eigenvalue weighted by atomic mass is 9.85. The predicted molar refractivity (Wildman–Crippen MR) is 76.7 cm³/mol. The molecule has 0 saturated heterocycles. The SMILES string of the molecule is CS(=O)(=O)NC(=O)CCNC(=O)[C@H](F)CC1CCCCC1. The lowest BCUT2D eigenvalue weighted by Gasteiger charge is -2.22.